The fraction of sp³-hybridized carbons (Fsp3) is 0.667. The molecule has 1 aromatic heterocycles. The van der Waals surface area contributed by atoms with Crippen molar-refractivity contribution >= 4 is 0 Å². The van der Waals surface area contributed by atoms with Gasteiger partial charge in [0.25, 0.3) is 0 Å². The zero-order valence-corrected chi connectivity index (χ0v) is 6.15. The molecule has 0 saturated heterocycles. The molecule has 0 bridgehead atoms. The van der Waals surface area contributed by atoms with Crippen LogP contribution in [0.3, 0.4) is 0 Å². The second-order valence-corrected chi connectivity index (χ2v) is 2.11. The van der Waals surface area contributed by atoms with Crippen molar-refractivity contribution in [3.05, 3.63) is 12.2 Å². The summed E-state index contributed by atoms with van der Waals surface area (Å²) < 4.78 is 1.67. The Balaban J connectivity index is 2.90. The summed E-state index contributed by atoms with van der Waals surface area (Å²) in [5.41, 5.74) is 0. The number of hydrogen-bond donors (Lipinski definition) is 1. The van der Waals surface area contributed by atoms with Crippen molar-refractivity contribution in [2.75, 3.05) is 0 Å². The number of aliphatic hydroxyl groups excluding tert-OH is 1. The molecular weight excluding hydrogens is 130 g/mol. The minimum atomic E-state index is -0.526. The van der Waals surface area contributed by atoms with Gasteiger partial charge in [-0.2, -0.15) is 5.10 Å². The molecule has 1 rings (SSSR count). The molecule has 0 amide bonds. The monoisotopic (exact) mass is 141 g/mol. The largest absolute Gasteiger partial charge is 0.385 e. The molecule has 0 aliphatic carbocycles. The van der Waals surface area contributed by atoms with Gasteiger partial charge in [-0.1, -0.05) is 0 Å². The molecule has 10 heavy (non-hydrogen) atoms. The van der Waals surface area contributed by atoms with Crippen molar-refractivity contribution in [1.29, 1.82) is 0 Å². The molecule has 56 valence electrons. The third-order valence-corrected chi connectivity index (χ3v) is 1.32. The molecule has 0 aliphatic rings. The lowest BCUT2D eigenvalue weighted by atomic mass is 10.4. The van der Waals surface area contributed by atoms with Crippen molar-refractivity contribution in [2.24, 2.45) is 0 Å². The van der Waals surface area contributed by atoms with Crippen LogP contribution in [0.4, 0.5) is 0 Å². The highest BCUT2D eigenvalue weighted by Crippen LogP contribution is 2.05. The summed E-state index contributed by atoms with van der Waals surface area (Å²) in [7, 11) is 0. The van der Waals surface area contributed by atoms with Crippen LogP contribution < -0.4 is 0 Å². The average Bonchev–Trinajstić information content (AvgIpc) is 2.33. The van der Waals surface area contributed by atoms with Gasteiger partial charge in [0.15, 0.2) is 5.82 Å². The second-order valence-electron chi connectivity index (χ2n) is 2.11. The minimum absolute atomic E-state index is 0.526. The van der Waals surface area contributed by atoms with E-state index in [0.29, 0.717) is 5.82 Å². The lowest BCUT2D eigenvalue weighted by molar-refractivity contribution is 0.182. The normalized spacial score (nSPS) is 13.5. The summed E-state index contributed by atoms with van der Waals surface area (Å²) >= 11 is 0. The van der Waals surface area contributed by atoms with Crippen LogP contribution in [0.2, 0.25) is 0 Å². The van der Waals surface area contributed by atoms with E-state index in [0.717, 1.165) is 6.54 Å². The number of aromatic nitrogens is 3. The van der Waals surface area contributed by atoms with Gasteiger partial charge in [-0.05, 0) is 13.8 Å². The highest BCUT2D eigenvalue weighted by atomic mass is 16.3. The zero-order chi connectivity index (χ0) is 7.56. The first-order valence-corrected chi connectivity index (χ1v) is 3.31. The van der Waals surface area contributed by atoms with Crippen LogP contribution in [0.25, 0.3) is 0 Å². The molecule has 1 N–H and O–H groups in total. The van der Waals surface area contributed by atoms with E-state index in [1.54, 1.807) is 11.6 Å². The molecular formula is C6H11N3O. The molecule has 4 heteroatoms. The summed E-state index contributed by atoms with van der Waals surface area (Å²) in [5.74, 6) is 0.627. The zero-order valence-electron chi connectivity index (χ0n) is 6.15. The van der Waals surface area contributed by atoms with Gasteiger partial charge in [-0.15, -0.1) is 0 Å². The standard InChI is InChI=1S/C6H11N3O/c1-3-9-6(5(2)10)7-4-8-9/h4-5,10H,3H2,1-2H3. The van der Waals surface area contributed by atoms with E-state index in [2.05, 4.69) is 10.1 Å². The van der Waals surface area contributed by atoms with Gasteiger partial charge in [0.05, 0.1) is 0 Å². The predicted molar refractivity (Wildman–Crippen MR) is 36.3 cm³/mol. The second kappa shape index (κ2) is 2.79. The van der Waals surface area contributed by atoms with Crippen LogP contribution in [-0.2, 0) is 6.54 Å². The number of aliphatic hydroxyl groups is 1. The third kappa shape index (κ3) is 1.16. The predicted octanol–water partition coefficient (Wildman–Crippen LogP) is 0.351. The first-order valence-electron chi connectivity index (χ1n) is 3.31. The topological polar surface area (TPSA) is 50.9 Å². The molecule has 0 aliphatic heterocycles. The summed E-state index contributed by atoms with van der Waals surface area (Å²) in [4.78, 5) is 3.89. The van der Waals surface area contributed by atoms with Gasteiger partial charge in [0.1, 0.15) is 12.4 Å². The van der Waals surface area contributed by atoms with Gasteiger partial charge in [0, 0.05) is 6.54 Å². The van der Waals surface area contributed by atoms with Crippen LogP contribution in [0.15, 0.2) is 6.33 Å². The molecule has 1 unspecified atom stereocenters. The molecule has 0 spiro atoms. The summed E-state index contributed by atoms with van der Waals surface area (Å²) in [6.45, 7) is 4.39. The lowest BCUT2D eigenvalue weighted by Gasteiger charge is -2.03. The van der Waals surface area contributed by atoms with Gasteiger partial charge in [-0.3, -0.25) is 0 Å². The fourth-order valence-electron chi connectivity index (χ4n) is 0.840. The molecule has 1 aromatic rings. The van der Waals surface area contributed by atoms with Crippen molar-refractivity contribution in [2.45, 2.75) is 26.5 Å². The summed E-state index contributed by atoms with van der Waals surface area (Å²) in [6, 6.07) is 0. The molecule has 0 saturated carbocycles. The lowest BCUT2D eigenvalue weighted by Crippen LogP contribution is -2.06. The third-order valence-electron chi connectivity index (χ3n) is 1.32. The maximum absolute atomic E-state index is 9.10. The molecule has 0 aromatic carbocycles. The Morgan fingerprint density at radius 3 is 2.90 bits per heavy atom. The highest BCUT2D eigenvalue weighted by molar-refractivity contribution is 4.87. The first-order chi connectivity index (χ1) is 4.75. The van der Waals surface area contributed by atoms with Crippen LogP contribution in [0, 0.1) is 0 Å². The van der Waals surface area contributed by atoms with E-state index in [1.165, 1.54) is 6.33 Å². The Hall–Kier alpha value is -0.900. The number of hydrogen-bond acceptors (Lipinski definition) is 3. The molecule has 4 nitrogen and oxygen atoms in total. The highest BCUT2D eigenvalue weighted by Gasteiger charge is 2.06. The van der Waals surface area contributed by atoms with Crippen LogP contribution in [0.1, 0.15) is 25.8 Å². The Kier molecular flexibility index (Phi) is 2.01. The van der Waals surface area contributed by atoms with E-state index < -0.39 is 6.10 Å². The SMILES string of the molecule is CCn1ncnc1C(C)O. The summed E-state index contributed by atoms with van der Waals surface area (Å²) in [5, 5.41) is 13.0. The van der Waals surface area contributed by atoms with Crippen molar-refractivity contribution in [3.63, 3.8) is 0 Å². The van der Waals surface area contributed by atoms with E-state index in [4.69, 9.17) is 5.11 Å². The van der Waals surface area contributed by atoms with Crippen molar-refractivity contribution in [3.8, 4) is 0 Å². The van der Waals surface area contributed by atoms with Gasteiger partial charge < -0.3 is 5.11 Å². The Labute approximate surface area is 59.5 Å². The van der Waals surface area contributed by atoms with Crippen molar-refractivity contribution < 1.29 is 5.11 Å². The Morgan fingerprint density at radius 1 is 1.80 bits per heavy atom. The van der Waals surface area contributed by atoms with Gasteiger partial charge in [-0.25, -0.2) is 9.67 Å². The molecule has 1 heterocycles. The Morgan fingerprint density at radius 2 is 2.50 bits per heavy atom. The fourth-order valence-corrected chi connectivity index (χ4v) is 0.840. The first kappa shape index (κ1) is 7.21. The smallest absolute Gasteiger partial charge is 0.155 e. The molecule has 1 atom stereocenters. The average molecular weight is 141 g/mol. The van der Waals surface area contributed by atoms with Crippen LogP contribution in [0.5, 0.6) is 0 Å². The number of aryl methyl sites for hydroxylation is 1. The quantitative estimate of drug-likeness (QED) is 0.646. The van der Waals surface area contributed by atoms with E-state index in [-0.39, 0.29) is 0 Å². The number of rotatable bonds is 2. The van der Waals surface area contributed by atoms with Gasteiger partial charge >= 0.3 is 0 Å². The Bertz CT molecular complexity index is 207. The maximum atomic E-state index is 9.10. The minimum Gasteiger partial charge on any atom is -0.385 e. The molecule has 0 radical (unpaired) electrons. The molecule has 0 fully saturated rings. The van der Waals surface area contributed by atoms with Crippen LogP contribution >= 0.6 is 0 Å². The summed E-state index contributed by atoms with van der Waals surface area (Å²) in [6.07, 6.45) is 0.924. The van der Waals surface area contributed by atoms with E-state index >= 15 is 0 Å². The van der Waals surface area contributed by atoms with Crippen LogP contribution in [-0.4, -0.2) is 19.9 Å². The van der Waals surface area contributed by atoms with Gasteiger partial charge in [0.2, 0.25) is 0 Å². The van der Waals surface area contributed by atoms with E-state index in [1.807, 2.05) is 6.92 Å². The van der Waals surface area contributed by atoms with E-state index in [9.17, 15) is 0 Å². The number of nitrogens with zero attached hydrogens (tertiary/aromatic N) is 3. The maximum Gasteiger partial charge on any atom is 0.155 e. The van der Waals surface area contributed by atoms with Crippen molar-refractivity contribution in [1.82, 2.24) is 14.8 Å².